The smallest absolute Gasteiger partial charge is 0.311 e. The maximum absolute atomic E-state index is 13.1. The molecule has 218 valence electrons. The van der Waals surface area contributed by atoms with Gasteiger partial charge in [0.2, 0.25) is 11.8 Å². The summed E-state index contributed by atoms with van der Waals surface area (Å²) in [6.45, 7) is 4.13. The van der Waals surface area contributed by atoms with Gasteiger partial charge in [-0.15, -0.1) is 11.3 Å². The van der Waals surface area contributed by atoms with E-state index in [4.69, 9.17) is 18.9 Å². The highest BCUT2D eigenvalue weighted by Crippen LogP contribution is 2.27. The lowest BCUT2D eigenvalue weighted by atomic mass is 10.2. The third-order valence-corrected chi connectivity index (χ3v) is 6.34. The van der Waals surface area contributed by atoms with Crippen molar-refractivity contribution in [3.8, 4) is 17.5 Å². The average Bonchev–Trinajstić information content (AvgIpc) is 3.40. The minimum Gasteiger partial charge on any atom is -0.472 e. The van der Waals surface area contributed by atoms with E-state index in [0.29, 0.717) is 34.4 Å². The largest absolute Gasteiger partial charge is 0.472 e. The van der Waals surface area contributed by atoms with E-state index in [-0.39, 0.29) is 42.4 Å². The number of thiazole rings is 1. The number of rotatable bonds is 13. The van der Waals surface area contributed by atoms with Crippen LogP contribution in [0.1, 0.15) is 40.3 Å². The van der Waals surface area contributed by atoms with Gasteiger partial charge in [-0.3, -0.25) is 19.7 Å². The summed E-state index contributed by atoms with van der Waals surface area (Å²) in [4.78, 5) is 46.0. The molecule has 0 saturated heterocycles. The van der Waals surface area contributed by atoms with Crippen LogP contribution in [-0.2, 0) is 20.7 Å². The Morgan fingerprint density at radius 2 is 1.62 bits per heavy atom. The topological polar surface area (TPSA) is 138 Å². The van der Waals surface area contributed by atoms with Crippen molar-refractivity contribution in [1.29, 1.82) is 0 Å². The SMILES string of the molecule is CCOC(=O)Cc1csc(NC(=O)c2cc(Oc3ccc(NC(=O)c4ccccc4)cc3)nc(O[C@H](C)COC)c2)n1. The second-order valence-electron chi connectivity index (χ2n) is 8.94. The molecule has 0 spiro atoms. The van der Waals surface area contributed by atoms with Gasteiger partial charge in [-0.1, -0.05) is 18.2 Å². The number of methoxy groups -OCH3 is 1. The maximum Gasteiger partial charge on any atom is 0.311 e. The fourth-order valence-corrected chi connectivity index (χ4v) is 4.40. The number of anilines is 2. The van der Waals surface area contributed by atoms with Crippen molar-refractivity contribution in [3.05, 3.63) is 88.9 Å². The summed E-state index contributed by atoms with van der Waals surface area (Å²) in [5.74, 6) is -0.388. The van der Waals surface area contributed by atoms with Gasteiger partial charge in [-0.25, -0.2) is 4.98 Å². The normalized spacial score (nSPS) is 11.3. The molecule has 0 radical (unpaired) electrons. The summed E-state index contributed by atoms with van der Waals surface area (Å²) in [7, 11) is 1.56. The molecule has 0 fully saturated rings. The van der Waals surface area contributed by atoms with Gasteiger partial charge in [-0.2, -0.15) is 4.98 Å². The fraction of sp³-hybridized carbons (Fsp3) is 0.233. The third-order valence-electron chi connectivity index (χ3n) is 5.54. The molecule has 4 aromatic rings. The Labute approximate surface area is 246 Å². The maximum atomic E-state index is 13.1. The van der Waals surface area contributed by atoms with Crippen LogP contribution in [0.2, 0.25) is 0 Å². The zero-order chi connectivity index (χ0) is 29.9. The molecule has 0 aliphatic carbocycles. The van der Waals surface area contributed by atoms with Crippen LogP contribution in [0.15, 0.2) is 72.1 Å². The number of esters is 1. The van der Waals surface area contributed by atoms with E-state index in [1.807, 2.05) is 13.0 Å². The van der Waals surface area contributed by atoms with Crippen molar-refractivity contribution < 1.29 is 33.3 Å². The Hall–Kier alpha value is -4.81. The van der Waals surface area contributed by atoms with Gasteiger partial charge in [0.05, 0.1) is 30.9 Å². The van der Waals surface area contributed by atoms with Crippen LogP contribution < -0.4 is 20.1 Å². The second kappa shape index (κ2) is 14.7. The molecule has 42 heavy (non-hydrogen) atoms. The van der Waals surface area contributed by atoms with Crippen LogP contribution in [0.25, 0.3) is 0 Å². The first-order valence-corrected chi connectivity index (χ1v) is 13.9. The van der Waals surface area contributed by atoms with Crippen molar-refractivity contribution >= 4 is 39.9 Å². The molecule has 2 amide bonds. The van der Waals surface area contributed by atoms with Crippen LogP contribution >= 0.6 is 11.3 Å². The molecule has 0 unspecified atom stereocenters. The monoisotopic (exact) mass is 590 g/mol. The fourth-order valence-electron chi connectivity index (χ4n) is 3.69. The highest BCUT2D eigenvalue weighted by Gasteiger charge is 2.17. The molecule has 2 N–H and O–H groups in total. The number of carbonyl (C=O) groups is 3. The van der Waals surface area contributed by atoms with Crippen molar-refractivity contribution in [2.24, 2.45) is 0 Å². The van der Waals surface area contributed by atoms with Crippen LogP contribution in [0.5, 0.6) is 17.5 Å². The first-order chi connectivity index (χ1) is 20.3. The van der Waals surface area contributed by atoms with E-state index >= 15 is 0 Å². The molecule has 0 saturated carbocycles. The van der Waals surface area contributed by atoms with E-state index < -0.39 is 11.9 Å². The zero-order valence-electron chi connectivity index (χ0n) is 23.3. The molecule has 0 aliphatic rings. The number of amides is 2. The Kier molecular flexibility index (Phi) is 10.6. The van der Waals surface area contributed by atoms with E-state index in [9.17, 15) is 14.4 Å². The molecule has 11 nitrogen and oxygen atoms in total. The molecule has 2 aromatic carbocycles. The molecule has 2 heterocycles. The van der Waals surface area contributed by atoms with Crippen LogP contribution in [0.4, 0.5) is 10.8 Å². The predicted octanol–water partition coefficient (Wildman–Crippen LogP) is 5.35. The van der Waals surface area contributed by atoms with Crippen molar-refractivity contribution in [2.45, 2.75) is 26.4 Å². The molecule has 1 atom stereocenters. The minimum absolute atomic E-state index is 0.0115. The molecule has 4 rings (SSSR count). The van der Waals surface area contributed by atoms with Crippen LogP contribution in [-0.4, -0.2) is 54.2 Å². The summed E-state index contributed by atoms with van der Waals surface area (Å²) in [6, 6.07) is 18.6. The van der Waals surface area contributed by atoms with E-state index in [2.05, 4.69) is 20.6 Å². The molecule has 12 heteroatoms. The van der Waals surface area contributed by atoms with Gasteiger partial charge >= 0.3 is 5.97 Å². The van der Waals surface area contributed by atoms with Crippen molar-refractivity contribution in [2.75, 3.05) is 31.0 Å². The predicted molar refractivity (Wildman–Crippen MR) is 158 cm³/mol. The number of ether oxygens (including phenoxy) is 4. The number of aromatic nitrogens is 2. The van der Waals surface area contributed by atoms with Gasteiger partial charge in [0.1, 0.15) is 11.9 Å². The highest BCUT2D eigenvalue weighted by molar-refractivity contribution is 7.14. The molecule has 2 aromatic heterocycles. The lowest BCUT2D eigenvalue weighted by molar-refractivity contribution is -0.142. The summed E-state index contributed by atoms with van der Waals surface area (Å²) in [5, 5.41) is 7.57. The highest BCUT2D eigenvalue weighted by atomic mass is 32.1. The van der Waals surface area contributed by atoms with E-state index in [0.717, 1.165) is 0 Å². The summed E-state index contributed by atoms with van der Waals surface area (Å²) >= 11 is 1.19. The number of carbonyl (C=O) groups excluding carboxylic acids is 3. The van der Waals surface area contributed by atoms with Crippen molar-refractivity contribution in [3.63, 3.8) is 0 Å². The number of hydrogen-bond donors (Lipinski definition) is 2. The lowest BCUT2D eigenvalue weighted by Crippen LogP contribution is -2.19. The number of hydrogen-bond acceptors (Lipinski definition) is 10. The van der Waals surface area contributed by atoms with Crippen LogP contribution in [0, 0.1) is 0 Å². The first-order valence-electron chi connectivity index (χ1n) is 13.1. The van der Waals surface area contributed by atoms with Gasteiger partial charge in [0.25, 0.3) is 11.8 Å². The summed E-state index contributed by atoms with van der Waals surface area (Å²) in [5.41, 5.74) is 1.84. The Morgan fingerprint density at radius 1 is 0.905 bits per heavy atom. The quantitative estimate of drug-likeness (QED) is 0.197. The Bertz CT molecular complexity index is 1510. The number of nitrogens with one attached hydrogen (secondary N) is 2. The Morgan fingerprint density at radius 3 is 2.33 bits per heavy atom. The molecular formula is C30H30N4O7S. The van der Waals surface area contributed by atoms with Gasteiger partial charge in [0.15, 0.2) is 5.13 Å². The van der Waals surface area contributed by atoms with Gasteiger partial charge in [-0.05, 0) is 50.2 Å². The van der Waals surface area contributed by atoms with E-state index in [1.165, 1.54) is 23.5 Å². The molecule has 0 aliphatic heterocycles. The summed E-state index contributed by atoms with van der Waals surface area (Å²) < 4.78 is 21.9. The van der Waals surface area contributed by atoms with Gasteiger partial charge < -0.3 is 24.3 Å². The number of nitrogens with zero attached hydrogens (tertiary/aromatic N) is 2. The van der Waals surface area contributed by atoms with Gasteiger partial charge in [0, 0.05) is 35.9 Å². The third kappa shape index (κ3) is 8.85. The Balaban J connectivity index is 1.48. The van der Waals surface area contributed by atoms with Crippen molar-refractivity contribution in [1.82, 2.24) is 9.97 Å². The number of benzene rings is 2. The minimum atomic E-state index is -0.470. The lowest BCUT2D eigenvalue weighted by Gasteiger charge is -2.15. The van der Waals surface area contributed by atoms with Crippen LogP contribution in [0.3, 0.4) is 0 Å². The summed E-state index contributed by atoms with van der Waals surface area (Å²) in [6.07, 6.45) is -0.331. The van der Waals surface area contributed by atoms with E-state index in [1.54, 1.807) is 67.9 Å². The molecular weight excluding hydrogens is 560 g/mol. The average molecular weight is 591 g/mol. The second-order valence-corrected chi connectivity index (χ2v) is 9.80. The first kappa shape index (κ1) is 30.2. The standard InChI is InChI=1S/C30H30N4O7S/c1-4-39-27(35)16-23-18-42-30(32-23)34-29(37)21-14-25(40-19(2)17-38-3)33-26(15-21)41-24-12-10-22(11-13-24)31-28(36)20-8-6-5-7-9-20/h5-15,18-19H,4,16-17H2,1-3H3,(H,31,36)(H,32,34,37)/t19-/m1/s1. The molecule has 0 bridgehead atoms. The zero-order valence-corrected chi connectivity index (χ0v) is 24.1. The number of pyridine rings is 1.